The van der Waals surface area contributed by atoms with Gasteiger partial charge in [0.1, 0.15) is 23.6 Å². The number of alkyl halides is 3. The number of aromatic nitrogens is 4. The number of furan rings is 1. The molecule has 0 fully saturated rings. The van der Waals surface area contributed by atoms with Crippen LogP contribution >= 0.6 is 0 Å². The molecule has 0 saturated carbocycles. The van der Waals surface area contributed by atoms with E-state index in [-0.39, 0.29) is 6.61 Å². The van der Waals surface area contributed by atoms with E-state index >= 15 is 0 Å². The number of carbonyl (C=O) groups is 1. The Morgan fingerprint density at radius 2 is 2.05 bits per heavy atom. The zero-order valence-corrected chi connectivity index (χ0v) is 20.6. The van der Waals surface area contributed by atoms with Crippen LogP contribution in [0.2, 0.25) is 0 Å². The molecule has 0 amide bonds. The average Bonchev–Trinajstić information content (AvgIpc) is 3.54. The summed E-state index contributed by atoms with van der Waals surface area (Å²) < 4.78 is 58.5. The maximum absolute atomic E-state index is 13.0. The summed E-state index contributed by atoms with van der Waals surface area (Å²) in [7, 11) is 0. The third kappa shape index (κ3) is 4.78. The molecule has 0 radical (unpaired) electrons. The summed E-state index contributed by atoms with van der Waals surface area (Å²) in [6.07, 6.45) is 1.45. The molecule has 11 heteroatoms. The van der Waals surface area contributed by atoms with E-state index in [0.29, 0.717) is 70.3 Å². The van der Waals surface area contributed by atoms with E-state index in [9.17, 15) is 18.0 Å². The van der Waals surface area contributed by atoms with Gasteiger partial charge in [0.2, 0.25) is 0 Å². The standard InChI is InChI=1S/C26H25F3N4O4/c1-4-36-25(34)19-12-22(37-24(19)17-6-9-35-10-7-17)18-5-8-32-21(11-18)20(13-30-32)23-15(2)31-33(16(23)3)14-26(27,28)29/h5-6,8,11-13H,4,7,9-10,14H2,1-3H3. The van der Waals surface area contributed by atoms with Gasteiger partial charge in [-0.25, -0.2) is 9.31 Å². The highest BCUT2D eigenvalue weighted by atomic mass is 19.4. The Morgan fingerprint density at radius 1 is 1.24 bits per heavy atom. The third-order valence-electron chi connectivity index (χ3n) is 6.27. The SMILES string of the molecule is CCOC(=O)c1cc(-c2ccn3ncc(-c4c(C)nn(CC(F)(F)F)c4C)c3c2)oc1C1=CCOCC1. The first-order valence-electron chi connectivity index (χ1n) is 11.8. The molecule has 8 nitrogen and oxygen atoms in total. The molecule has 5 rings (SSSR count). The van der Waals surface area contributed by atoms with Crippen molar-refractivity contribution in [3.8, 4) is 22.5 Å². The topological polar surface area (TPSA) is 83.8 Å². The highest BCUT2D eigenvalue weighted by molar-refractivity contribution is 5.96. The maximum atomic E-state index is 13.0. The van der Waals surface area contributed by atoms with Gasteiger partial charge < -0.3 is 13.9 Å². The fourth-order valence-corrected chi connectivity index (χ4v) is 4.60. The van der Waals surface area contributed by atoms with Crippen LogP contribution in [0.3, 0.4) is 0 Å². The smallest absolute Gasteiger partial charge is 0.408 e. The van der Waals surface area contributed by atoms with Gasteiger partial charge in [-0.15, -0.1) is 0 Å². The Kier molecular flexibility index (Phi) is 6.40. The zero-order valence-electron chi connectivity index (χ0n) is 20.6. The number of esters is 1. The molecule has 0 aromatic carbocycles. The number of carbonyl (C=O) groups excluding carboxylic acids is 1. The van der Waals surface area contributed by atoms with Crippen molar-refractivity contribution in [2.45, 2.75) is 39.9 Å². The van der Waals surface area contributed by atoms with Crippen LogP contribution < -0.4 is 0 Å². The van der Waals surface area contributed by atoms with Crippen molar-refractivity contribution < 1.29 is 31.9 Å². The Bertz CT molecular complexity index is 1510. The molecule has 0 saturated heterocycles. The summed E-state index contributed by atoms with van der Waals surface area (Å²) in [4.78, 5) is 12.7. The zero-order chi connectivity index (χ0) is 26.3. The van der Waals surface area contributed by atoms with Crippen LogP contribution in [0.4, 0.5) is 13.2 Å². The van der Waals surface area contributed by atoms with Crippen molar-refractivity contribution in [3.63, 3.8) is 0 Å². The molecule has 0 atom stereocenters. The van der Waals surface area contributed by atoms with E-state index < -0.39 is 18.7 Å². The van der Waals surface area contributed by atoms with Crippen LogP contribution in [0.15, 0.2) is 41.1 Å². The first-order valence-corrected chi connectivity index (χ1v) is 11.8. The second-order valence-corrected chi connectivity index (χ2v) is 8.75. The number of nitrogens with zero attached hydrogens (tertiary/aromatic N) is 4. The molecule has 0 spiro atoms. The molecule has 4 aromatic heterocycles. The van der Waals surface area contributed by atoms with Crippen molar-refractivity contribution in [1.82, 2.24) is 19.4 Å². The molecule has 0 bridgehead atoms. The quantitative estimate of drug-likeness (QED) is 0.311. The van der Waals surface area contributed by atoms with Gasteiger partial charge in [0.05, 0.1) is 37.2 Å². The Morgan fingerprint density at radius 3 is 2.76 bits per heavy atom. The van der Waals surface area contributed by atoms with Gasteiger partial charge in [-0.05, 0) is 51.0 Å². The summed E-state index contributed by atoms with van der Waals surface area (Å²) in [5.74, 6) is 0.432. The van der Waals surface area contributed by atoms with Crippen LogP contribution in [-0.4, -0.2) is 51.4 Å². The molecule has 4 aromatic rings. The summed E-state index contributed by atoms with van der Waals surface area (Å²) in [5.41, 5.74) is 4.65. The van der Waals surface area contributed by atoms with E-state index in [2.05, 4.69) is 10.2 Å². The molecule has 194 valence electrons. The van der Waals surface area contributed by atoms with Crippen LogP contribution in [-0.2, 0) is 16.0 Å². The van der Waals surface area contributed by atoms with Crippen LogP contribution in [0.5, 0.6) is 0 Å². The number of rotatable bonds is 6. The number of hydrogen-bond acceptors (Lipinski definition) is 6. The first kappa shape index (κ1) is 24.8. The Labute approximate surface area is 210 Å². The fraction of sp³-hybridized carbons (Fsp3) is 0.346. The van der Waals surface area contributed by atoms with E-state index in [1.165, 1.54) is 0 Å². The van der Waals surface area contributed by atoms with Gasteiger partial charge in [-0.3, -0.25) is 4.68 Å². The van der Waals surface area contributed by atoms with Gasteiger partial charge in [0, 0.05) is 28.6 Å². The predicted octanol–water partition coefficient (Wildman–Crippen LogP) is 5.62. The lowest BCUT2D eigenvalue weighted by Gasteiger charge is -2.12. The molecule has 0 aliphatic carbocycles. The Balaban J connectivity index is 1.60. The monoisotopic (exact) mass is 514 g/mol. The molecule has 1 aliphatic heterocycles. The lowest BCUT2D eigenvalue weighted by atomic mass is 10.0. The highest BCUT2D eigenvalue weighted by Crippen LogP contribution is 2.36. The number of fused-ring (bicyclic) bond motifs is 1. The van der Waals surface area contributed by atoms with Crippen LogP contribution in [0.1, 0.15) is 40.9 Å². The number of halogens is 3. The van der Waals surface area contributed by atoms with Crippen molar-refractivity contribution in [2.24, 2.45) is 0 Å². The Hall–Kier alpha value is -3.86. The normalized spacial score (nSPS) is 14.3. The lowest BCUT2D eigenvalue weighted by Crippen LogP contribution is -2.19. The van der Waals surface area contributed by atoms with Crippen molar-refractivity contribution >= 4 is 17.1 Å². The van der Waals surface area contributed by atoms with Crippen molar-refractivity contribution in [2.75, 3.05) is 19.8 Å². The van der Waals surface area contributed by atoms with Crippen LogP contribution in [0, 0.1) is 13.8 Å². The molecule has 1 aliphatic rings. The van der Waals surface area contributed by atoms with Gasteiger partial charge >= 0.3 is 12.1 Å². The summed E-state index contributed by atoms with van der Waals surface area (Å²) in [6, 6.07) is 5.29. The highest BCUT2D eigenvalue weighted by Gasteiger charge is 2.31. The van der Waals surface area contributed by atoms with Gasteiger partial charge in [0.25, 0.3) is 0 Å². The van der Waals surface area contributed by atoms with Gasteiger partial charge in [-0.2, -0.15) is 23.4 Å². The van der Waals surface area contributed by atoms with E-state index in [1.807, 2.05) is 12.1 Å². The van der Waals surface area contributed by atoms with Gasteiger partial charge in [0.15, 0.2) is 0 Å². The molecule has 0 unspecified atom stereocenters. The molecule has 5 heterocycles. The largest absolute Gasteiger partial charge is 0.462 e. The average molecular weight is 515 g/mol. The third-order valence-corrected chi connectivity index (χ3v) is 6.27. The summed E-state index contributed by atoms with van der Waals surface area (Å²) in [5, 5.41) is 8.49. The molecular formula is C26H25F3N4O4. The molecule has 37 heavy (non-hydrogen) atoms. The minimum absolute atomic E-state index is 0.229. The maximum Gasteiger partial charge on any atom is 0.408 e. The van der Waals surface area contributed by atoms with Crippen LogP contribution in [0.25, 0.3) is 33.5 Å². The number of ether oxygens (including phenoxy) is 2. The fourth-order valence-electron chi connectivity index (χ4n) is 4.60. The van der Waals surface area contributed by atoms with E-state index in [0.717, 1.165) is 10.3 Å². The predicted molar refractivity (Wildman–Crippen MR) is 129 cm³/mol. The van der Waals surface area contributed by atoms with E-state index in [4.69, 9.17) is 13.9 Å². The van der Waals surface area contributed by atoms with Crippen molar-refractivity contribution in [1.29, 1.82) is 0 Å². The van der Waals surface area contributed by atoms with Gasteiger partial charge in [-0.1, -0.05) is 6.08 Å². The lowest BCUT2D eigenvalue weighted by molar-refractivity contribution is -0.142. The minimum Gasteiger partial charge on any atom is -0.462 e. The summed E-state index contributed by atoms with van der Waals surface area (Å²) in [6.45, 7) is 5.04. The molecule has 0 N–H and O–H groups in total. The van der Waals surface area contributed by atoms with Crippen molar-refractivity contribution in [3.05, 3.63) is 59.4 Å². The number of pyridine rings is 1. The molecular weight excluding hydrogens is 489 g/mol. The summed E-state index contributed by atoms with van der Waals surface area (Å²) >= 11 is 0. The first-order chi connectivity index (χ1) is 17.7. The minimum atomic E-state index is -4.39. The number of aryl methyl sites for hydroxylation is 1. The second-order valence-electron chi connectivity index (χ2n) is 8.75. The second kappa shape index (κ2) is 9.55. The number of hydrogen-bond donors (Lipinski definition) is 0. The van der Waals surface area contributed by atoms with E-state index in [1.54, 1.807) is 49.8 Å².